The third kappa shape index (κ3) is 4.11. The highest BCUT2D eigenvalue weighted by molar-refractivity contribution is 5.77. The van der Waals surface area contributed by atoms with Gasteiger partial charge in [0.2, 0.25) is 0 Å². The second-order valence-corrected chi connectivity index (χ2v) is 6.80. The van der Waals surface area contributed by atoms with E-state index in [1.165, 1.54) is 0 Å². The smallest absolute Gasteiger partial charge is 0.319 e. The van der Waals surface area contributed by atoms with Crippen LogP contribution in [0.2, 0.25) is 0 Å². The quantitative estimate of drug-likeness (QED) is 0.848. The maximum absolute atomic E-state index is 12.5. The van der Waals surface area contributed by atoms with Crippen molar-refractivity contribution in [3.8, 4) is 0 Å². The molecule has 1 aliphatic heterocycles. The predicted molar refractivity (Wildman–Crippen MR) is 83.2 cm³/mol. The molecule has 2 amide bonds. The van der Waals surface area contributed by atoms with Gasteiger partial charge in [-0.25, -0.2) is 4.79 Å². The number of nitrogens with zero attached hydrogens (tertiary/aromatic N) is 2. The summed E-state index contributed by atoms with van der Waals surface area (Å²) in [7, 11) is 1.84. The number of carboxylic acid groups (broad SMARTS) is 1. The van der Waals surface area contributed by atoms with Crippen molar-refractivity contribution in [3.05, 3.63) is 0 Å². The number of carbonyl (C=O) groups is 2. The van der Waals surface area contributed by atoms with Crippen LogP contribution in [-0.2, 0) is 4.79 Å². The molecule has 1 rings (SSSR count). The fourth-order valence-electron chi connectivity index (χ4n) is 3.10. The van der Waals surface area contributed by atoms with Crippen LogP contribution in [0.15, 0.2) is 0 Å². The predicted octanol–water partition coefficient (Wildman–Crippen LogP) is 3.05. The fraction of sp³-hybridized carbons (Fsp3) is 0.875. The van der Waals surface area contributed by atoms with E-state index in [0.717, 1.165) is 6.42 Å². The molecule has 1 N–H and O–H groups in total. The number of urea groups is 1. The van der Waals surface area contributed by atoms with E-state index >= 15 is 0 Å². The molecule has 1 unspecified atom stereocenters. The molecule has 1 fully saturated rings. The lowest BCUT2D eigenvalue weighted by Gasteiger charge is -2.40. The number of rotatable bonds is 5. The summed E-state index contributed by atoms with van der Waals surface area (Å²) in [6.45, 7) is 9.36. The zero-order chi connectivity index (χ0) is 16.2. The minimum Gasteiger partial charge on any atom is -0.481 e. The van der Waals surface area contributed by atoms with Crippen LogP contribution in [0.1, 0.15) is 53.4 Å². The van der Waals surface area contributed by atoms with Gasteiger partial charge in [0.15, 0.2) is 0 Å². The van der Waals surface area contributed by atoms with Crippen LogP contribution in [0.5, 0.6) is 0 Å². The van der Waals surface area contributed by atoms with E-state index in [1.807, 2.05) is 14.0 Å². The van der Waals surface area contributed by atoms with Gasteiger partial charge in [-0.1, -0.05) is 20.8 Å². The van der Waals surface area contributed by atoms with Gasteiger partial charge in [-0.3, -0.25) is 4.79 Å². The van der Waals surface area contributed by atoms with Crippen molar-refractivity contribution < 1.29 is 14.7 Å². The monoisotopic (exact) mass is 298 g/mol. The number of carboxylic acids is 1. The van der Waals surface area contributed by atoms with E-state index in [4.69, 9.17) is 0 Å². The molecule has 1 aliphatic rings. The first-order chi connectivity index (χ1) is 9.73. The van der Waals surface area contributed by atoms with Gasteiger partial charge in [0.1, 0.15) is 0 Å². The van der Waals surface area contributed by atoms with E-state index in [-0.39, 0.29) is 12.1 Å². The number of likely N-dealkylation sites (tertiary alicyclic amines) is 1. The topological polar surface area (TPSA) is 60.9 Å². The summed E-state index contributed by atoms with van der Waals surface area (Å²) in [6.07, 6.45) is 2.71. The normalized spacial score (nSPS) is 19.4. The summed E-state index contributed by atoms with van der Waals surface area (Å²) >= 11 is 0. The Bertz CT molecular complexity index is 374. The number of hydrogen-bond donors (Lipinski definition) is 1. The first-order valence-corrected chi connectivity index (χ1v) is 7.98. The van der Waals surface area contributed by atoms with Crippen LogP contribution < -0.4 is 0 Å². The van der Waals surface area contributed by atoms with E-state index in [9.17, 15) is 14.7 Å². The minimum atomic E-state index is -0.723. The SMILES string of the molecule is CCC1(C(=O)O)CCN(C(=O)N(C)C(C)CC(C)C)CC1. The average molecular weight is 298 g/mol. The third-order valence-electron chi connectivity index (χ3n) is 4.90. The maximum Gasteiger partial charge on any atom is 0.319 e. The summed E-state index contributed by atoms with van der Waals surface area (Å²) in [4.78, 5) is 27.5. The fourth-order valence-corrected chi connectivity index (χ4v) is 3.10. The van der Waals surface area contributed by atoms with Gasteiger partial charge in [-0.05, 0) is 38.5 Å². The zero-order valence-corrected chi connectivity index (χ0v) is 14.1. The molecule has 5 heteroatoms. The van der Waals surface area contributed by atoms with E-state index < -0.39 is 11.4 Å². The Morgan fingerprint density at radius 1 is 1.24 bits per heavy atom. The Morgan fingerprint density at radius 2 is 1.76 bits per heavy atom. The Morgan fingerprint density at radius 3 is 2.14 bits per heavy atom. The molecule has 0 aliphatic carbocycles. The van der Waals surface area contributed by atoms with Gasteiger partial charge >= 0.3 is 12.0 Å². The number of hydrogen-bond acceptors (Lipinski definition) is 2. The Kier molecular flexibility index (Phi) is 6.05. The molecule has 0 bridgehead atoms. The van der Waals surface area contributed by atoms with Crippen LogP contribution in [0.25, 0.3) is 0 Å². The number of piperidine rings is 1. The summed E-state index contributed by atoms with van der Waals surface area (Å²) < 4.78 is 0. The van der Waals surface area contributed by atoms with Crippen molar-refractivity contribution in [1.82, 2.24) is 9.80 Å². The van der Waals surface area contributed by atoms with Gasteiger partial charge in [-0.15, -0.1) is 0 Å². The maximum atomic E-state index is 12.5. The molecule has 1 saturated heterocycles. The largest absolute Gasteiger partial charge is 0.481 e. The van der Waals surface area contributed by atoms with Crippen molar-refractivity contribution in [2.75, 3.05) is 20.1 Å². The number of carbonyl (C=O) groups excluding carboxylic acids is 1. The number of amides is 2. The van der Waals surface area contributed by atoms with Crippen LogP contribution in [-0.4, -0.2) is 53.1 Å². The van der Waals surface area contributed by atoms with Gasteiger partial charge in [-0.2, -0.15) is 0 Å². The summed E-state index contributed by atoms with van der Waals surface area (Å²) in [5.41, 5.74) is -0.640. The summed E-state index contributed by atoms with van der Waals surface area (Å²) in [6, 6.07) is 0.230. The highest BCUT2D eigenvalue weighted by Crippen LogP contribution is 2.35. The third-order valence-corrected chi connectivity index (χ3v) is 4.90. The molecule has 0 radical (unpaired) electrons. The van der Waals surface area contributed by atoms with Crippen molar-refractivity contribution in [2.24, 2.45) is 11.3 Å². The molecular weight excluding hydrogens is 268 g/mol. The molecule has 122 valence electrons. The van der Waals surface area contributed by atoms with Crippen LogP contribution in [0.4, 0.5) is 4.79 Å². The number of aliphatic carboxylic acids is 1. The van der Waals surface area contributed by atoms with E-state index in [0.29, 0.717) is 38.3 Å². The van der Waals surface area contributed by atoms with Gasteiger partial charge in [0.05, 0.1) is 5.41 Å². The highest BCUT2D eigenvalue weighted by atomic mass is 16.4. The summed E-state index contributed by atoms with van der Waals surface area (Å²) in [5, 5.41) is 9.40. The molecule has 0 spiro atoms. The molecular formula is C16H30N2O3. The standard InChI is InChI=1S/C16H30N2O3/c1-6-16(14(19)20)7-9-18(10-8-16)15(21)17(5)13(4)11-12(2)3/h12-13H,6-11H2,1-5H3,(H,19,20). The lowest BCUT2D eigenvalue weighted by Crippen LogP contribution is -2.51. The van der Waals surface area contributed by atoms with Crippen molar-refractivity contribution in [3.63, 3.8) is 0 Å². The summed E-state index contributed by atoms with van der Waals surface area (Å²) in [5.74, 6) is -0.171. The van der Waals surface area contributed by atoms with Crippen LogP contribution in [0, 0.1) is 11.3 Å². The van der Waals surface area contributed by atoms with Crippen molar-refractivity contribution in [1.29, 1.82) is 0 Å². The van der Waals surface area contributed by atoms with Crippen LogP contribution >= 0.6 is 0 Å². The molecule has 1 heterocycles. The second kappa shape index (κ2) is 7.14. The Balaban J connectivity index is 2.61. The van der Waals surface area contributed by atoms with E-state index in [1.54, 1.807) is 9.80 Å². The van der Waals surface area contributed by atoms with Gasteiger partial charge in [0.25, 0.3) is 0 Å². The molecule has 1 atom stereocenters. The average Bonchev–Trinajstić information content (AvgIpc) is 2.44. The van der Waals surface area contributed by atoms with Crippen molar-refractivity contribution >= 4 is 12.0 Å². The van der Waals surface area contributed by atoms with Gasteiger partial charge in [0, 0.05) is 26.2 Å². The zero-order valence-electron chi connectivity index (χ0n) is 14.1. The molecule has 0 aromatic heterocycles. The second-order valence-electron chi connectivity index (χ2n) is 6.80. The van der Waals surface area contributed by atoms with Crippen LogP contribution in [0.3, 0.4) is 0 Å². The van der Waals surface area contributed by atoms with Gasteiger partial charge < -0.3 is 14.9 Å². The molecule has 0 aromatic rings. The Labute approximate surface area is 128 Å². The molecule has 0 aromatic carbocycles. The molecule has 21 heavy (non-hydrogen) atoms. The lowest BCUT2D eigenvalue weighted by atomic mass is 9.76. The molecule has 0 saturated carbocycles. The Hall–Kier alpha value is -1.26. The molecule has 5 nitrogen and oxygen atoms in total. The first-order valence-electron chi connectivity index (χ1n) is 7.98. The van der Waals surface area contributed by atoms with E-state index in [2.05, 4.69) is 20.8 Å². The minimum absolute atomic E-state index is 0.0261. The lowest BCUT2D eigenvalue weighted by molar-refractivity contribution is -0.152. The highest BCUT2D eigenvalue weighted by Gasteiger charge is 2.41. The van der Waals surface area contributed by atoms with Crippen molar-refractivity contribution in [2.45, 2.75) is 59.4 Å². The first kappa shape index (κ1) is 17.8.